The fourth-order valence-corrected chi connectivity index (χ4v) is 3.78. The van der Waals surface area contributed by atoms with Crippen molar-refractivity contribution in [2.75, 3.05) is 50.7 Å². The second-order valence-electron chi connectivity index (χ2n) is 7.72. The van der Waals surface area contributed by atoms with Gasteiger partial charge in [-0.05, 0) is 37.5 Å². The van der Waals surface area contributed by atoms with Crippen LogP contribution in [-0.2, 0) is 4.74 Å². The average molecular weight is 472 g/mol. The highest BCUT2D eigenvalue weighted by Gasteiger charge is 2.26. The molecule has 3 N–H and O–H groups in total. The number of nitro groups is 1. The number of rotatable bonds is 10. The van der Waals surface area contributed by atoms with Gasteiger partial charge < -0.3 is 30.2 Å². The van der Waals surface area contributed by atoms with Crippen LogP contribution >= 0.6 is 0 Å². The zero-order chi connectivity index (χ0) is 24.7. The summed E-state index contributed by atoms with van der Waals surface area (Å²) in [4.78, 5) is 38.2. The van der Waals surface area contributed by atoms with Crippen molar-refractivity contribution in [3.8, 4) is 11.5 Å². The molecule has 0 unspecified atom stereocenters. The van der Waals surface area contributed by atoms with Crippen LogP contribution in [0.1, 0.15) is 40.0 Å². The van der Waals surface area contributed by atoms with Gasteiger partial charge in [-0.1, -0.05) is 0 Å². The van der Waals surface area contributed by atoms with E-state index in [1.54, 1.807) is 12.1 Å². The van der Waals surface area contributed by atoms with Crippen molar-refractivity contribution in [2.24, 2.45) is 5.73 Å². The number of methoxy groups -OCH3 is 2. The molecule has 1 fully saturated rings. The minimum Gasteiger partial charge on any atom is -0.493 e. The van der Waals surface area contributed by atoms with Crippen LogP contribution in [-0.4, -0.2) is 57.3 Å². The normalized spacial score (nSPS) is 13.3. The summed E-state index contributed by atoms with van der Waals surface area (Å²) in [5.74, 6) is -1.10. The third kappa shape index (κ3) is 5.73. The van der Waals surface area contributed by atoms with Gasteiger partial charge in [0.1, 0.15) is 12.2 Å². The molecule has 0 saturated carbocycles. The molecule has 2 aromatic carbocycles. The van der Waals surface area contributed by atoms with Gasteiger partial charge in [0.05, 0.1) is 36.1 Å². The average Bonchev–Trinajstić information content (AvgIpc) is 2.84. The smallest absolute Gasteiger partial charge is 0.286 e. The van der Waals surface area contributed by atoms with E-state index in [0.29, 0.717) is 11.4 Å². The first-order valence-corrected chi connectivity index (χ1v) is 10.8. The maximum atomic E-state index is 13.2. The van der Waals surface area contributed by atoms with E-state index in [-0.39, 0.29) is 35.8 Å². The molecule has 0 aromatic heterocycles. The minimum atomic E-state index is -0.728. The van der Waals surface area contributed by atoms with E-state index in [4.69, 9.17) is 19.9 Å². The molecule has 0 atom stereocenters. The topological polar surface area (TPSA) is 146 Å². The molecule has 0 bridgehead atoms. The summed E-state index contributed by atoms with van der Waals surface area (Å²) in [6, 6.07) is 7.21. The first-order valence-electron chi connectivity index (χ1n) is 10.8. The number of nitro benzene ring substituents is 1. The monoisotopic (exact) mass is 472 g/mol. The quantitative estimate of drug-likeness (QED) is 0.305. The second kappa shape index (κ2) is 11.3. The van der Waals surface area contributed by atoms with E-state index in [9.17, 15) is 19.7 Å². The number of primary amides is 1. The van der Waals surface area contributed by atoms with Gasteiger partial charge in [0, 0.05) is 31.8 Å². The second-order valence-corrected chi connectivity index (χ2v) is 7.72. The molecule has 182 valence electrons. The van der Waals surface area contributed by atoms with Crippen LogP contribution in [0, 0.1) is 10.1 Å². The maximum Gasteiger partial charge on any atom is 0.286 e. The number of nitrogens with one attached hydrogen (secondary N) is 1. The van der Waals surface area contributed by atoms with Crippen LogP contribution < -0.4 is 25.4 Å². The molecular weight excluding hydrogens is 444 g/mol. The molecule has 0 aliphatic carbocycles. The van der Waals surface area contributed by atoms with Gasteiger partial charge in [-0.2, -0.15) is 0 Å². The maximum absolute atomic E-state index is 13.2. The number of benzene rings is 2. The Labute approximate surface area is 196 Å². The van der Waals surface area contributed by atoms with Gasteiger partial charge in [0.15, 0.2) is 11.5 Å². The van der Waals surface area contributed by atoms with E-state index in [1.165, 1.54) is 26.4 Å². The summed E-state index contributed by atoms with van der Waals surface area (Å²) in [6.45, 7) is 2.00. The largest absolute Gasteiger partial charge is 0.493 e. The highest BCUT2D eigenvalue weighted by molar-refractivity contribution is 6.09. The molecule has 1 saturated heterocycles. The van der Waals surface area contributed by atoms with Gasteiger partial charge >= 0.3 is 0 Å². The number of piperidine rings is 1. The third-order valence-corrected chi connectivity index (χ3v) is 5.49. The van der Waals surface area contributed by atoms with Crippen molar-refractivity contribution in [1.29, 1.82) is 0 Å². The first-order chi connectivity index (χ1) is 16.3. The molecule has 11 nitrogen and oxygen atoms in total. The SMILES string of the molecule is COCCOc1cc([N+](=O)[O-])c(C(=O)Nc2cc(C(N)=O)ccc2N2CCCCC2)cc1OC. The predicted octanol–water partition coefficient (Wildman–Crippen LogP) is 2.97. The molecule has 3 rings (SSSR count). The summed E-state index contributed by atoms with van der Waals surface area (Å²) in [5.41, 5.74) is 6.04. The number of nitrogens with zero attached hydrogens (tertiary/aromatic N) is 2. The van der Waals surface area contributed by atoms with E-state index in [1.807, 2.05) is 0 Å². The van der Waals surface area contributed by atoms with Gasteiger partial charge in [0.2, 0.25) is 5.91 Å². The van der Waals surface area contributed by atoms with E-state index < -0.39 is 22.4 Å². The Morgan fingerprint density at radius 3 is 2.44 bits per heavy atom. The van der Waals surface area contributed by atoms with E-state index in [0.717, 1.165) is 38.4 Å². The lowest BCUT2D eigenvalue weighted by atomic mass is 10.1. The zero-order valence-electron chi connectivity index (χ0n) is 19.2. The van der Waals surface area contributed by atoms with Crippen LogP contribution in [0.3, 0.4) is 0 Å². The number of hydrogen-bond acceptors (Lipinski definition) is 8. The Balaban J connectivity index is 1.98. The molecule has 0 radical (unpaired) electrons. The Kier molecular flexibility index (Phi) is 8.25. The molecule has 2 aromatic rings. The molecule has 2 amide bonds. The fourth-order valence-electron chi connectivity index (χ4n) is 3.78. The lowest BCUT2D eigenvalue weighted by molar-refractivity contribution is -0.385. The number of ether oxygens (including phenoxy) is 3. The number of anilines is 2. The van der Waals surface area contributed by atoms with Crippen LogP contribution in [0.4, 0.5) is 17.1 Å². The Morgan fingerprint density at radius 1 is 1.09 bits per heavy atom. The minimum absolute atomic E-state index is 0.118. The summed E-state index contributed by atoms with van der Waals surface area (Å²) < 4.78 is 15.7. The molecule has 34 heavy (non-hydrogen) atoms. The van der Waals surface area contributed by atoms with Gasteiger partial charge in [0.25, 0.3) is 11.6 Å². The molecule has 0 spiro atoms. The van der Waals surface area contributed by atoms with E-state index >= 15 is 0 Å². The van der Waals surface area contributed by atoms with Gasteiger partial charge in [-0.25, -0.2) is 0 Å². The molecule has 1 heterocycles. The summed E-state index contributed by atoms with van der Waals surface area (Å²) in [7, 11) is 2.87. The third-order valence-electron chi connectivity index (χ3n) is 5.49. The van der Waals surface area contributed by atoms with Crippen LogP contribution in [0.25, 0.3) is 0 Å². The highest BCUT2D eigenvalue weighted by atomic mass is 16.6. The van der Waals surface area contributed by atoms with Crippen molar-refractivity contribution in [3.05, 3.63) is 51.6 Å². The number of hydrogen-bond donors (Lipinski definition) is 2. The lowest BCUT2D eigenvalue weighted by Gasteiger charge is -2.30. The van der Waals surface area contributed by atoms with Crippen molar-refractivity contribution < 1.29 is 28.7 Å². The Morgan fingerprint density at radius 2 is 1.82 bits per heavy atom. The van der Waals surface area contributed by atoms with Crippen molar-refractivity contribution >= 4 is 28.9 Å². The summed E-state index contributed by atoms with van der Waals surface area (Å²) in [5, 5.41) is 14.5. The lowest BCUT2D eigenvalue weighted by Crippen LogP contribution is -2.30. The van der Waals surface area contributed by atoms with Crippen LogP contribution in [0.5, 0.6) is 11.5 Å². The van der Waals surface area contributed by atoms with Gasteiger partial charge in [-0.15, -0.1) is 0 Å². The molecular formula is C23H28N4O7. The standard InChI is InChI=1S/C23H28N4O7/c1-32-10-11-34-21-14-19(27(30)31)16(13-20(21)33-2)23(29)25-17-12-15(22(24)28)6-7-18(17)26-8-4-3-5-9-26/h6-7,12-14H,3-5,8-11H2,1-2H3,(H2,24,28)(H,25,29). The Bertz CT molecular complexity index is 1070. The Hall–Kier alpha value is -3.86. The van der Waals surface area contributed by atoms with Crippen LogP contribution in [0.2, 0.25) is 0 Å². The number of carbonyl (C=O) groups excluding carboxylic acids is 2. The van der Waals surface area contributed by atoms with Crippen molar-refractivity contribution in [2.45, 2.75) is 19.3 Å². The fraction of sp³-hybridized carbons (Fsp3) is 0.391. The highest BCUT2D eigenvalue weighted by Crippen LogP contribution is 2.36. The number of amides is 2. The zero-order valence-corrected chi connectivity index (χ0v) is 19.2. The molecule has 1 aliphatic heterocycles. The summed E-state index contributed by atoms with van der Waals surface area (Å²) >= 11 is 0. The number of carbonyl (C=O) groups is 2. The van der Waals surface area contributed by atoms with Crippen molar-refractivity contribution in [3.63, 3.8) is 0 Å². The predicted molar refractivity (Wildman–Crippen MR) is 126 cm³/mol. The van der Waals surface area contributed by atoms with Crippen LogP contribution in [0.15, 0.2) is 30.3 Å². The first kappa shape index (κ1) is 24.8. The molecule has 11 heteroatoms. The molecule has 1 aliphatic rings. The number of nitrogens with two attached hydrogens (primary N) is 1. The van der Waals surface area contributed by atoms with Gasteiger partial charge in [-0.3, -0.25) is 19.7 Å². The van der Waals surface area contributed by atoms with E-state index in [2.05, 4.69) is 10.2 Å². The summed E-state index contributed by atoms with van der Waals surface area (Å²) in [6.07, 6.45) is 3.11. The van der Waals surface area contributed by atoms with Crippen molar-refractivity contribution in [1.82, 2.24) is 0 Å².